The molecule has 0 saturated carbocycles. The Hall–Kier alpha value is -2.63. The van der Waals surface area contributed by atoms with Gasteiger partial charge < -0.3 is 14.5 Å². The summed E-state index contributed by atoms with van der Waals surface area (Å²) in [6.45, 7) is 3.22. The van der Waals surface area contributed by atoms with Crippen molar-refractivity contribution >= 4 is 11.9 Å². The summed E-state index contributed by atoms with van der Waals surface area (Å²) in [6.07, 6.45) is 3.21. The predicted octanol–water partition coefficient (Wildman–Crippen LogP) is 3.62. The van der Waals surface area contributed by atoms with Crippen LogP contribution in [0.1, 0.15) is 48.7 Å². The van der Waals surface area contributed by atoms with E-state index in [1.165, 1.54) is 0 Å². The molecule has 0 radical (unpaired) electrons. The summed E-state index contributed by atoms with van der Waals surface area (Å²) >= 11 is 0. The smallest absolute Gasteiger partial charge is 0.303 e. The number of carboxylic acid groups (broad SMARTS) is 1. The Morgan fingerprint density at radius 1 is 1.31 bits per heavy atom. The van der Waals surface area contributed by atoms with Crippen molar-refractivity contribution in [2.24, 2.45) is 5.92 Å². The number of aliphatic carboxylic acids is 1. The molecule has 26 heavy (non-hydrogen) atoms. The van der Waals surface area contributed by atoms with Gasteiger partial charge in [-0.25, -0.2) is 0 Å². The van der Waals surface area contributed by atoms with E-state index in [0.717, 1.165) is 18.4 Å². The maximum absolute atomic E-state index is 13.2. The fourth-order valence-corrected chi connectivity index (χ4v) is 3.55. The lowest BCUT2D eigenvalue weighted by atomic mass is 9.92. The van der Waals surface area contributed by atoms with Crippen LogP contribution in [0.15, 0.2) is 34.9 Å². The monoisotopic (exact) mass is 356 g/mol. The molecular formula is C20H24N2O4. The van der Waals surface area contributed by atoms with E-state index < -0.39 is 5.97 Å². The fraction of sp³-hybridized carbons (Fsp3) is 0.450. The summed E-state index contributed by atoms with van der Waals surface area (Å²) in [7, 11) is 0. The molecule has 1 atom stereocenters. The van der Waals surface area contributed by atoms with Crippen LogP contribution in [0, 0.1) is 5.92 Å². The number of carbonyl (C=O) groups is 2. The zero-order valence-electron chi connectivity index (χ0n) is 15.0. The molecule has 3 rings (SSSR count). The van der Waals surface area contributed by atoms with Crippen molar-refractivity contribution in [1.82, 2.24) is 10.1 Å². The second kappa shape index (κ2) is 8.17. The van der Waals surface area contributed by atoms with Crippen LogP contribution in [0.3, 0.4) is 0 Å². The highest BCUT2D eigenvalue weighted by Crippen LogP contribution is 2.29. The number of amides is 1. The number of hydrogen-bond donors (Lipinski definition) is 1. The highest BCUT2D eigenvalue weighted by molar-refractivity contribution is 6.00. The zero-order valence-corrected chi connectivity index (χ0v) is 15.0. The van der Waals surface area contributed by atoms with Gasteiger partial charge in [0.2, 0.25) is 0 Å². The standard InChI is InChI=1S/C20H24N2O4/c1-2-16-18(19(21-26-16)15-8-4-3-5-9-15)20(25)22-12-6-7-14(13-22)10-11-17(23)24/h3-5,8-9,14H,2,6-7,10-13H2,1H3,(H,23,24). The zero-order chi connectivity index (χ0) is 18.5. The van der Waals surface area contributed by atoms with Crippen LogP contribution in [0.25, 0.3) is 11.3 Å². The Kier molecular flexibility index (Phi) is 5.71. The number of likely N-dealkylation sites (tertiary alicyclic amines) is 1. The third-order valence-electron chi connectivity index (χ3n) is 4.92. The number of hydrogen-bond acceptors (Lipinski definition) is 4. The minimum atomic E-state index is -0.785. The average molecular weight is 356 g/mol. The van der Waals surface area contributed by atoms with Crippen molar-refractivity contribution in [1.29, 1.82) is 0 Å². The molecule has 1 aliphatic rings. The first-order valence-electron chi connectivity index (χ1n) is 9.15. The van der Waals surface area contributed by atoms with Gasteiger partial charge in [-0.15, -0.1) is 0 Å². The van der Waals surface area contributed by atoms with Gasteiger partial charge in [-0.2, -0.15) is 0 Å². The molecule has 0 aliphatic carbocycles. The lowest BCUT2D eigenvalue weighted by molar-refractivity contribution is -0.137. The van der Waals surface area contributed by atoms with Gasteiger partial charge in [-0.1, -0.05) is 42.4 Å². The largest absolute Gasteiger partial charge is 0.481 e. The van der Waals surface area contributed by atoms with E-state index in [2.05, 4.69) is 5.16 Å². The Labute approximate surface area is 152 Å². The van der Waals surface area contributed by atoms with Crippen molar-refractivity contribution in [2.45, 2.75) is 39.0 Å². The van der Waals surface area contributed by atoms with Crippen molar-refractivity contribution in [3.8, 4) is 11.3 Å². The Morgan fingerprint density at radius 2 is 2.08 bits per heavy atom. The predicted molar refractivity (Wildman–Crippen MR) is 96.8 cm³/mol. The van der Waals surface area contributed by atoms with Crippen molar-refractivity contribution in [3.05, 3.63) is 41.7 Å². The first-order chi connectivity index (χ1) is 12.6. The number of piperidine rings is 1. The molecule has 1 aromatic carbocycles. The maximum atomic E-state index is 13.2. The van der Waals surface area contributed by atoms with E-state index in [0.29, 0.717) is 42.9 Å². The highest BCUT2D eigenvalue weighted by atomic mass is 16.5. The summed E-state index contributed by atoms with van der Waals surface area (Å²) in [5.74, 6) is -0.0236. The first-order valence-corrected chi connectivity index (χ1v) is 9.15. The lowest BCUT2D eigenvalue weighted by Crippen LogP contribution is -2.40. The SMILES string of the molecule is CCc1onc(-c2ccccc2)c1C(=O)N1CCCC(CCC(=O)O)C1. The van der Waals surface area contributed by atoms with Crippen molar-refractivity contribution < 1.29 is 19.2 Å². The molecule has 6 heteroatoms. The Balaban J connectivity index is 1.83. The number of aromatic nitrogens is 1. The van der Waals surface area contributed by atoms with Gasteiger partial charge in [-0.05, 0) is 25.2 Å². The Morgan fingerprint density at radius 3 is 2.77 bits per heavy atom. The number of carboxylic acids is 1. The molecule has 0 spiro atoms. The van der Waals surface area contributed by atoms with E-state index in [-0.39, 0.29) is 18.2 Å². The topological polar surface area (TPSA) is 83.6 Å². The molecule has 2 heterocycles. The lowest BCUT2D eigenvalue weighted by Gasteiger charge is -2.32. The third kappa shape index (κ3) is 3.95. The molecule has 1 N–H and O–H groups in total. The Bertz CT molecular complexity index is 769. The van der Waals surface area contributed by atoms with Crippen LogP contribution >= 0.6 is 0 Å². The van der Waals surface area contributed by atoms with Crippen molar-refractivity contribution in [2.75, 3.05) is 13.1 Å². The number of benzene rings is 1. The van der Waals surface area contributed by atoms with Gasteiger partial charge >= 0.3 is 5.97 Å². The van der Waals surface area contributed by atoms with Crippen LogP contribution in [0.4, 0.5) is 0 Å². The van der Waals surface area contributed by atoms with E-state index in [1.54, 1.807) is 0 Å². The van der Waals surface area contributed by atoms with Gasteiger partial charge in [-0.3, -0.25) is 9.59 Å². The highest BCUT2D eigenvalue weighted by Gasteiger charge is 2.30. The normalized spacial score (nSPS) is 17.3. The molecule has 138 valence electrons. The molecule has 1 amide bonds. The van der Waals surface area contributed by atoms with E-state index in [4.69, 9.17) is 9.63 Å². The molecular weight excluding hydrogens is 332 g/mol. The second-order valence-electron chi connectivity index (χ2n) is 6.74. The molecule has 2 aromatic rings. The summed E-state index contributed by atoms with van der Waals surface area (Å²) in [5.41, 5.74) is 1.98. The first kappa shape index (κ1) is 18.2. The fourth-order valence-electron chi connectivity index (χ4n) is 3.55. The van der Waals surface area contributed by atoms with Crippen LogP contribution in [0.2, 0.25) is 0 Å². The maximum Gasteiger partial charge on any atom is 0.303 e. The molecule has 1 saturated heterocycles. The van der Waals surface area contributed by atoms with Crippen LogP contribution in [0.5, 0.6) is 0 Å². The van der Waals surface area contributed by atoms with Gasteiger partial charge in [0.15, 0.2) is 0 Å². The van der Waals surface area contributed by atoms with Crippen molar-refractivity contribution in [3.63, 3.8) is 0 Å². The summed E-state index contributed by atoms with van der Waals surface area (Å²) in [5, 5.41) is 13.1. The van der Waals surface area contributed by atoms with Crippen LogP contribution < -0.4 is 0 Å². The van der Waals surface area contributed by atoms with Crippen LogP contribution in [-0.2, 0) is 11.2 Å². The van der Waals surface area contributed by atoms with Gasteiger partial charge in [0.05, 0.1) is 0 Å². The number of aryl methyl sites for hydroxylation is 1. The number of rotatable bonds is 6. The minimum absolute atomic E-state index is 0.0676. The summed E-state index contributed by atoms with van der Waals surface area (Å²) in [4.78, 5) is 25.9. The number of nitrogens with zero attached hydrogens (tertiary/aromatic N) is 2. The average Bonchev–Trinajstić information content (AvgIpc) is 3.10. The van der Waals surface area contributed by atoms with E-state index >= 15 is 0 Å². The molecule has 1 fully saturated rings. The third-order valence-corrected chi connectivity index (χ3v) is 4.92. The molecule has 6 nitrogen and oxygen atoms in total. The van der Waals surface area contributed by atoms with E-state index in [1.807, 2.05) is 42.2 Å². The minimum Gasteiger partial charge on any atom is -0.481 e. The molecule has 0 bridgehead atoms. The summed E-state index contributed by atoms with van der Waals surface area (Å²) < 4.78 is 5.44. The molecule has 1 unspecified atom stereocenters. The quantitative estimate of drug-likeness (QED) is 0.854. The molecule has 1 aromatic heterocycles. The van der Waals surface area contributed by atoms with Gasteiger partial charge in [0.25, 0.3) is 5.91 Å². The number of carbonyl (C=O) groups excluding carboxylic acids is 1. The van der Waals surface area contributed by atoms with Crippen LogP contribution in [-0.4, -0.2) is 40.1 Å². The van der Waals surface area contributed by atoms with Gasteiger partial charge in [0, 0.05) is 31.5 Å². The van der Waals surface area contributed by atoms with Gasteiger partial charge in [0.1, 0.15) is 17.0 Å². The summed E-state index contributed by atoms with van der Waals surface area (Å²) in [6, 6.07) is 9.57. The molecule has 1 aliphatic heterocycles. The van der Waals surface area contributed by atoms with E-state index in [9.17, 15) is 9.59 Å². The second-order valence-corrected chi connectivity index (χ2v) is 6.74.